The molecule has 212 valence electrons. The Hall–Kier alpha value is -5.83. The van der Waals surface area contributed by atoms with E-state index in [1.807, 2.05) is 83.4 Å². The summed E-state index contributed by atoms with van der Waals surface area (Å²) in [4.78, 5) is 39.7. The second-order valence-electron chi connectivity index (χ2n) is 10.1. The Morgan fingerprint density at radius 1 is 0.953 bits per heavy atom. The highest BCUT2D eigenvalue weighted by atomic mass is 16.3. The van der Waals surface area contributed by atoms with Crippen molar-refractivity contribution in [1.29, 1.82) is 0 Å². The zero-order valence-corrected chi connectivity index (χ0v) is 23.4. The quantitative estimate of drug-likeness (QED) is 0.221. The van der Waals surface area contributed by atoms with Crippen molar-refractivity contribution in [1.82, 2.24) is 19.5 Å². The van der Waals surface area contributed by atoms with Gasteiger partial charge in [0.15, 0.2) is 17.8 Å². The molecule has 3 N–H and O–H groups in total. The van der Waals surface area contributed by atoms with E-state index in [0.29, 0.717) is 41.1 Å². The van der Waals surface area contributed by atoms with Crippen molar-refractivity contribution in [3.05, 3.63) is 114 Å². The Labute approximate surface area is 247 Å². The number of carbonyl (C=O) groups is 2. The summed E-state index contributed by atoms with van der Waals surface area (Å²) in [5, 5.41) is 9.95. The molecule has 6 aromatic rings. The Morgan fingerprint density at radius 3 is 2.47 bits per heavy atom. The number of phenols is 1. The summed E-state index contributed by atoms with van der Waals surface area (Å²) < 4.78 is 1.95. The van der Waals surface area contributed by atoms with Gasteiger partial charge >= 0.3 is 0 Å². The number of phenolic OH excluding ortho intramolecular Hbond substituents is 1. The molecular formula is C34H28N6O3. The zero-order chi connectivity index (χ0) is 29.9. The number of pyridine rings is 2. The number of rotatable bonds is 8. The molecule has 6 rings (SSSR count). The van der Waals surface area contributed by atoms with Crippen molar-refractivity contribution in [2.24, 2.45) is 0 Å². The number of nitrogens with zero attached hydrogens (tertiary/aromatic N) is 5. The highest BCUT2D eigenvalue weighted by molar-refractivity contribution is 5.93. The molecule has 1 amide bonds. The summed E-state index contributed by atoms with van der Waals surface area (Å²) in [5.41, 5.74) is 12.7. The maximum atomic E-state index is 13.0. The lowest BCUT2D eigenvalue weighted by atomic mass is 10.1. The fraction of sp³-hybridized carbons (Fsp3) is 0.0882. The molecule has 0 radical (unpaired) electrons. The molecule has 0 spiro atoms. The van der Waals surface area contributed by atoms with E-state index in [-0.39, 0.29) is 23.6 Å². The van der Waals surface area contributed by atoms with Crippen LogP contribution in [0, 0.1) is 0 Å². The summed E-state index contributed by atoms with van der Waals surface area (Å²) in [7, 11) is 1.73. The van der Waals surface area contributed by atoms with Gasteiger partial charge in [-0.05, 0) is 72.6 Å². The van der Waals surface area contributed by atoms with Crippen LogP contribution in [0.15, 0.2) is 103 Å². The van der Waals surface area contributed by atoms with Crippen molar-refractivity contribution in [2.75, 3.05) is 17.7 Å². The molecule has 43 heavy (non-hydrogen) atoms. The topological polar surface area (TPSA) is 127 Å². The maximum Gasteiger partial charge on any atom is 0.227 e. The number of hydrogen-bond acceptors (Lipinski definition) is 7. The number of amides is 1. The molecule has 0 saturated heterocycles. The summed E-state index contributed by atoms with van der Waals surface area (Å²) in [5.74, 6) is 0.796. The van der Waals surface area contributed by atoms with Gasteiger partial charge in [0, 0.05) is 36.6 Å². The number of imidazole rings is 1. The van der Waals surface area contributed by atoms with E-state index in [4.69, 9.17) is 15.7 Å². The van der Waals surface area contributed by atoms with Gasteiger partial charge in [-0.2, -0.15) is 0 Å². The summed E-state index contributed by atoms with van der Waals surface area (Å²) >= 11 is 0. The van der Waals surface area contributed by atoms with E-state index < -0.39 is 0 Å². The van der Waals surface area contributed by atoms with Gasteiger partial charge in [0.2, 0.25) is 5.91 Å². The number of aldehydes is 1. The van der Waals surface area contributed by atoms with Crippen LogP contribution in [0.1, 0.15) is 22.3 Å². The predicted molar refractivity (Wildman–Crippen MR) is 167 cm³/mol. The number of fused-ring (bicyclic) bond motifs is 1. The minimum Gasteiger partial charge on any atom is -0.507 e. The van der Waals surface area contributed by atoms with Gasteiger partial charge in [0.05, 0.1) is 16.8 Å². The summed E-state index contributed by atoms with van der Waals surface area (Å²) in [6.45, 7) is 0. The molecule has 0 aliphatic rings. The van der Waals surface area contributed by atoms with Crippen molar-refractivity contribution < 1.29 is 14.7 Å². The first kappa shape index (κ1) is 27.3. The van der Waals surface area contributed by atoms with Crippen LogP contribution in [0.2, 0.25) is 0 Å². The number of aromatic hydroxyl groups is 1. The molecule has 0 aliphatic heterocycles. The predicted octanol–water partition coefficient (Wildman–Crippen LogP) is 5.85. The Morgan fingerprint density at radius 2 is 1.74 bits per heavy atom. The second-order valence-corrected chi connectivity index (χ2v) is 10.1. The number of hydrogen-bond donors (Lipinski definition) is 2. The van der Waals surface area contributed by atoms with Gasteiger partial charge in [0.1, 0.15) is 17.1 Å². The van der Waals surface area contributed by atoms with E-state index in [2.05, 4.69) is 4.98 Å². The van der Waals surface area contributed by atoms with Crippen molar-refractivity contribution in [2.45, 2.75) is 12.8 Å². The van der Waals surface area contributed by atoms with Crippen LogP contribution in [0.5, 0.6) is 5.75 Å². The van der Waals surface area contributed by atoms with E-state index in [9.17, 15) is 14.7 Å². The molecule has 9 heteroatoms. The number of aromatic nitrogens is 4. The molecular weight excluding hydrogens is 540 g/mol. The van der Waals surface area contributed by atoms with Gasteiger partial charge < -0.3 is 15.7 Å². The molecule has 3 aromatic carbocycles. The van der Waals surface area contributed by atoms with Crippen LogP contribution in [0.4, 0.5) is 11.5 Å². The molecule has 3 aromatic heterocycles. The minimum atomic E-state index is -0.0892. The van der Waals surface area contributed by atoms with Gasteiger partial charge in [-0.25, -0.2) is 15.0 Å². The summed E-state index contributed by atoms with van der Waals surface area (Å²) in [6.07, 6.45) is 2.91. The maximum absolute atomic E-state index is 13.0. The number of anilines is 2. The van der Waals surface area contributed by atoms with Crippen LogP contribution in [0.25, 0.3) is 39.5 Å². The number of benzene rings is 3. The molecule has 0 atom stereocenters. The minimum absolute atomic E-state index is 0.0854. The number of nitrogens with two attached hydrogens (primary N) is 1. The van der Waals surface area contributed by atoms with Gasteiger partial charge in [-0.15, -0.1) is 0 Å². The van der Waals surface area contributed by atoms with E-state index in [1.165, 1.54) is 6.07 Å². The van der Waals surface area contributed by atoms with Gasteiger partial charge in [-0.1, -0.05) is 36.4 Å². The smallest absolute Gasteiger partial charge is 0.227 e. The lowest BCUT2D eigenvalue weighted by molar-refractivity contribution is -0.118. The number of nitrogen functional groups attached to an aromatic ring is 1. The fourth-order valence-electron chi connectivity index (χ4n) is 4.99. The first-order chi connectivity index (χ1) is 20.9. The Bertz CT molecular complexity index is 1950. The van der Waals surface area contributed by atoms with Crippen molar-refractivity contribution >= 4 is 34.9 Å². The first-order valence-electron chi connectivity index (χ1n) is 13.7. The molecule has 0 aliphatic carbocycles. The highest BCUT2D eigenvalue weighted by Gasteiger charge is 2.19. The van der Waals surface area contributed by atoms with Crippen LogP contribution in [0.3, 0.4) is 0 Å². The van der Waals surface area contributed by atoms with Crippen LogP contribution in [-0.2, 0) is 11.2 Å². The standard InChI is InChI=1S/C34H28N6O3/c1-39(31(43)18-10-22-9-11-24(21-41)30(42)20-22)25-12-14-26(15-13-25)40-33(27-8-5-19-36-32(27)35)38-29-17-16-28(37-34(29)40)23-6-3-2-4-7-23/h2-9,11-17,19-21,42H,10,18H2,1H3,(H2,35,36). The first-order valence-corrected chi connectivity index (χ1v) is 13.7. The van der Waals surface area contributed by atoms with Crippen LogP contribution < -0.4 is 10.6 Å². The number of carbonyl (C=O) groups excluding carboxylic acids is 2. The Kier molecular flexibility index (Phi) is 7.36. The Balaban J connectivity index is 1.32. The monoisotopic (exact) mass is 568 g/mol. The lowest BCUT2D eigenvalue weighted by Crippen LogP contribution is -2.26. The third kappa shape index (κ3) is 5.43. The van der Waals surface area contributed by atoms with Crippen molar-refractivity contribution in [3.63, 3.8) is 0 Å². The fourth-order valence-corrected chi connectivity index (χ4v) is 4.99. The summed E-state index contributed by atoms with van der Waals surface area (Å²) in [6, 6.07) is 30.0. The molecule has 0 unspecified atom stereocenters. The largest absolute Gasteiger partial charge is 0.507 e. The third-order valence-corrected chi connectivity index (χ3v) is 7.37. The molecule has 0 fully saturated rings. The average molecular weight is 569 g/mol. The van der Waals surface area contributed by atoms with E-state index in [1.54, 1.807) is 30.3 Å². The molecule has 9 nitrogen and oxygen atoms in total. The normalized spacial score (nSPS) is 11.0. The van der Waals surface area contributed by atoms with Gasteiger partial charge in [0.25, 0.3) is 0 Å². The molecule has 0 saturated carbocycles. The SMILES string of the molecule is CN(C(=O)CCc1ccc(C=O)c(O)c1)c1ccc(-n2c(-c3cccnc3N)nc3ccc(-c4ccccc4)nc32)cc1. The number of aryl methyl sites for hydroxylation is 1. The molecule has 0 bridgehead atoms. The molecule has 3 heterocycles. The van der Waals surface area contributed by atoms with Crippen molar-refractivity contribution in [3.8, 4) is 34.1 Å². The highest BCUT2D eigenvalue weighted by Crippen LogP contribution is 2.32. The van der Waals surface area contributed by atoms with Crippen LogP contribution >= 0.6 is 0 Å². The average Bonchev–Trinajstić information content (AvgIpc) is 3.42. The third-order valence-electron chi connectivity index (χ3n) is 7.37. The van der Waals surface area contributed by atoms with E-state index >= 15 is 0 Å². The lowest BCUT2D eigenvalue weighted by Gasteiger charge is -2.18. The second kappa shape index (κ2) is 11.6. The van der Waals surface area contributed by atoms with E-state index in [0.717, 1.165) is 28.2 Å². The van der Waals surface area contributed by atoms with Gasteiger partial charge in [-0.3, -0.25) is 14.2 Å². The zero-order valence-electron chi connectivity index (χ0n) is 23.4. The van der Waals surface area contributed by atoms with Crippen LogP contribution in [-0.4, -0.2) is 43.9 Å².